The molecule has 0 amide bonds. The molecule has 112 valence electrons. The quantitative estimate of drug-likeness (QED) is 0.292. The lowest BCUT2D eigenvalue weighted by molar-refractivity contribution is -0.143. The Bertz CT molecular complexity index is 228. The molecule has 0 rings (SSSR count). The highest BCUT2D eigenvalue weighted by atomic mass is 16.5. The SMILES string of the molecule is CCCCCCCC(CCCC(=O)OCC)OC=O. The summed E-state index contributed by atoms with van der Waals surface area (Å²) in [7, 11) is 0. The Hall–Kier alpha value is -1.06. The molecule has 0 saturated heterocycles. The summed E-state index contributed by atoms with van der Waals surface area (Å²) < 4.78 is 9.92. The molecule has 0 saturated carbocycles. The largest absolute Gasteiger partial charge is 0.466 e. The second kappa shape index (κ2) is 13.4. The van der Waals surface area contributed by atoms with Gasteiger partial charge in [0.15, 0.2) is 0 Å². The summed E-state index contributed by atoms with van der Waals surface area (Å²) in [6, 6.07) is 0. The number of carbonyl (C=O) groups is 2. The molecule has 0 spiro atoms. The molecule has 0 aliphatic rings. The predicted molar refractivity (Wildman–Crippen MR) is 74.8 cm³/mol. The van der Waals surface area contributed by atoms with E-state index in [1.54, 1.807) is 6.92 Å². The van der Waals surface area contributed by atoms with Gasteiger partial charge in [0.1, 0.15) is 6.10 Å². The standard InChI is InChI=1S/C15H28O4/c1-3-5-6-7-8-10-14(19-13-16)11-9-12-15(17)18-4-2/h13-14H,3-12H2,1-2H3. The second-order valence-electron chi connectivity index (χ2n) is 4.75. The highest BCUT2D eigenvalue weighted by Crippen LogP contribution is 2.14. The Morgan fingerprint density at radius 2 is 1.74 bits per heavy atom. The minimum absolute atomic E-state index is 0.0476. The van der Waals surface area contributed by atoms with Gasteiger partial charge in [0.05, 0.1) is 6.61 Å². The summed E-state index contributed by atoms with van der Waals surface area (Å²) in [6.45, 7) is 4.92. The van der Waals surface area contributed by atoms with E-state index in [0.717, 1.165) is 19.3 Å². The maximum atomic E-state index is 11.2. The van der Waals surface area contributed by atoms with Crippen molar-refractivity contribution in [1.82, 2.24) is 0 Å². The molecule has 0 aromatic heterocycles. The molecule has 4 nitrogen and oxygen atoms in total. The van der Waals surface area contributed by atoms with Crippen LogP contribution in [0.3, 0.4) is 0 Å². The Morgan fingerprint density at radius 1 is 1.05 bits per heavy atom. The van der Waals surface area contributed by atoms with Gasteiger partial charge in [-0.1, -0.05) is 32.6 Å². The fourth-order valence-electron chi connectivity index (χ4n) is 2.04. The van der Waals surface area contributed by atoms with Gasteiger partial charge in [-0.15, -0.1) is 0 Å². The van der Waals surface area contributed by atoms with E-state index in [1.807, 2.05) is 0 Å². The van der Waals surface area contributed by atoms with E-state index < -0.39 is 0 Å². The van der Waals surface area contributed by atoms with Crippen LogP contribution in [-0.2, 0) is 19.1 Å². The summed E-state index contributed by atoms with van der Waals surface area (Å²) in [5.41, 5.74) is 0. The summed E-state index contributed by atoms with van der Waals surface area (Å²) in [4.78, 5) is 21.6. The first kappa shape index (κ1) is 17.9. The Kier molecular flexibility index (Phi) is 12.6. The molecular formula is C15H28O4. The smallest absolute Gasteiger partial charge is 0.305 e. The van der Waals surface area contributed by atoms with Crippen molar-refractivity contribution in [3.63, 3.8) is 0 Å². The van der Waals surface area contributed by atoms with Crippen LogP contribution in [0.4, 0.5) is 0 Å². The first-order valence-corrected chi connectivity index (χ1v) is 7.49. The van der Waals surface area contributed by atoms with Crippen LogP contribution in [0.1, 0.15) is 71.6 Å². The highest BCUT2D eigenvalue weighted by Gasteiger charge is 2.10. The normalized spacial score (nSPS) is 11.9. The van der Waals surface area contributed by atoms with Crippen molar-refractivity contribution < 1.29 is 19.1 Å². The van der Waals surface area contributed by atoms with E-state index in [0.29, 0.717) is 25.9 Å². The Morgan fingerprint density at radius 3 is 2.37 bits per heavy atom. The number of unbranched alkanes of at least 4 members (excludes halogenated alkanes) is 4. The van der Waals surface area contributed by atoms with Gasteiger partial charge in [-0.25, -0.2) is 0 Å². The zero-order chi connectivity index (χ0) is 14.3. The molecule has 0 aromatic carbocycles. The molecule has 0 aliphatic heterocycles. The van der Waals surface area contributed by atoms with Crippen molar-refractivity contribution in [3.05, 3.63) is 0 Å². The van der Waals surface area contributed by atoms with Crippen molar-refractivity contribution in [3.8, 4) is 0 Å². The van der Waals surface area contributed by atoms with E-state index in [4.69, 9.17) is 9.47 Å². The molecule has 0 radical (unpaired) electrons. The van der Waals surface area contributed by atoms with E-state index in [2.05, 4.69) is 6.92 Å². The topological polar surface area (TPSA) is 52.6 Å². The van der Waals surface area contributed by atoms with E-state index in [-0.39, 0.29) is 12.1 Å². The minimum atomic E-state index is -0.171. The minimum Gasteiger partial charge on any atom is -0.466 e. The van der Waals surface area contributed by atoms with Gasteiger partial charge < -0.3 is 9.47 Å². The predicted octanol–water partition coefficient (Wildman–Crippen LogP) is 3.62. The second-order valence-corrected chi connectivity index (χ2v) is 4.75. The Balaban J connectivity index is 3.66. The van der Waals surface area contributed by atoms with Crippen LogP contribution < -0.4 is 0 Å². The molecule has 1 atom stereocenters. The zero-order valence-electron chi connectivity index (χ0n) is 12.4. The summed E-state index contributed by atoms with van der Waals surface area (Å²) in [5.74, 6) is -0.171. The molecule has 0 fully saturated rings. The van der Waals surface area contributed by atoms with Gasteiger partial charge in [0.25, 0.3) is 6.47 Å². The number of carbonyl (C=O) groups excluding carboxylic acids is 2. The highest BCUT2D eigenvalue weighted by molar-refractivity contribution is 5.69. The average Bonchev–Trinajstić information content (AvgIpc) is 2.38. The number of hydrogen-bond acceptors (Lipinski definition) is 4. The number of ether oxygens (including phenoxy) is 2. The molecule has 0 heterocycles. The van der Waals surface area contributed by atoms with Crippen LogP contribution in [0.15, 0.2) is 0 Å². The average molecular weight is 272 g/mol. The Labute approximate surface area is 116 Å². The maximum Gasteiger partial charge on any atom is 0.305 e. The number of hydrogen-bond donors (Lipinski definition) is 0. The van der Waals surface area contributed by atoms with E-state index >= 15 is 0 Å². The lowest BCUT2D eigenvalue weighted by Gasteiger charge is -2.14. The lowest BCUT2D eigenvalue weighted by atomic mass is 10.0. The van der Waals surface area contributed by atoms with E-state index in [9.17, 15) is 9.59 Å². The maximum absolute atomic E-state index is 11.2. The molecule has 0 bridgehead atoms. The van der Waals surface area contributed by atoms with Crippen molar-refractivity contribution in [2.45, 2.75) is 77.7 Å². The van der Waals surface area contributed by atoms with Crippen molar-refractivity contribution in [2.75, 3.05) is 6.61 Å². The van der Waals surface area contributed by atoms with Crippen LogP contribution in [0.2, 0.25) is 0 Å². The third-order valence-electron chi connectivity index (χ3n) is 3.09. The molecule has 0 N–H and O–H groups in total. The van der Waals surface area contributed by atoms with Crippen LogP contribution >= 0.6 is 0 Å². The third-order valence-corrected chi connectivity index (χ3v) is 3.09. The van der Waals surface area contributed by atoms with Gasteiger partial charge in [-0.3, -0.25) is 9.59 Å². The monoisotopic (exact) mass is 272 g/mol. The van der Waals surface area contributed by atoms with Crippen LogP contribution in [0, 0.1) is 0 Å². The first-order chi connectivity index (χ1) is 9.24. The van der Waals surface area contributed by atoms with Crippen molar-refractivity contribution in [1.29, 1.82) is 0 Å². The van der Waals surface area contributed by atoms with Gasteiger partial charge in [-0.05, 0) is 32.6 Å². The molecule has 4 heteroatoms. The number of rotatable bonds is 13. The molecule has 0 aromatic rings. The summed E-state index contributed by atoms with van der Waals surface area (Å²) in [5, 5.41) is 0. The van der Waals surface area contributed by atoms with Gasteiger partial charge in [-0.2, -0.15) is 0 Å². The summed E-state index contributed by atoms with van der Waals surface area (Å²) >= 11 is 0. The lowest BCUT2D eigenvalue weighted by Crippen LogP contribution is -2.13. The molecule has 1 unspecified atom stereocenters. The van der Waals surface area contributed by atoms with Crippen LogP contribution in [0.25, 0.3) is 0 Å². The molecule has 19 heavy (non-hydrogen) atoms. The fraction of sp³-hybridized carbons (Fsp3) is 0.867. The molecule has 0 aliphatic carbocycles. The zero-order valence-corrected chi connectivity index (χ0v) is 12.4. The van der Waals surface area contributed by atoms with Gasteiger partial charge >= 0.3 is 5.97 Å². The third kappa shape index (κ3) is 11.7. The fourth-order valence-corrected chi connectivity index (χ4v) is 2.04. The van der Waals surface area contributed by atoms with Gasteiger partial charge in [0.2, 0.25) is 0 Å². The first-order valence-electron chi connectivity index (χ1n) is 7.49. The van der Waals surface area contributed by atoms with Crippen molar-refractivity contribution in [2.24, 2.45) is 0 Å². The van der Waals surface area contributed by atoms with Crippen LogP contribution in [0.5, 0.6) is 0 Å². The summed E-state index contributed by atoms with van der Waals surface area (Å²) in [6.07, 6.45) is 8.71. The van der Waals surface area contributed by atoms with E-state index in [1.165, 1.54) is 25.7 Å². The molecular weight excluding hydrogens is 244 g/mol. The van der Waals surface area contributed by atoms with Gasteiger partial charge in [0, 0.05) is 6.42 Å². The van der Waals surface area contributed by atoms with Crippen molar-refractivity contribution >= 4 is 12.4 Å². The van der Waals surface area contributed by atoms with Crippen LogP contribution in [-0.4, -0.2) is 25.2 Å². The number of esters is 1.